The van der Waals surface area contributed by atoms with E-state index in [0.717, 1.165) is 11.1 Å². The second-order valence-corrected chi connectivity index (χ2v) is 6.40. The van der Waals surface area contributed by atoms with E-state index < -0.39 is 6.36 Å². The summed E-state index contributed by atoms with van der Waals surface area (Å²) in [6.07, 6.45) is -3.00. The van der Waals surface area contributed by atoms with E-state index in [1.165, 1.54) is 12.1 Å². The highest BCUT2D eigenvalue weighted by Crippen LogP contribution is 2.34. The number of benzene rings is 2. The normalized spacial score (nSPS) is 11.8. The molecule has 0 saturated carbocycles. The summed E-state index contributed by atoms with van der Waals surface area (Å²) in [5.41, 5.74) is 3.51. The standard InChI is InChI=1S/C19H15F3N4O3/c1-11-7-13(12-3-5-15(6-4-12)28-19(20,21)22)8-16-17(11)29-24-18(16)27-10-14-9-26(2)25-23-14/h3-9H,10H2,1-2H3. The fourth-order valence-electron chi connectivity index (χ4n) is 2.91. The van der Waals surface area contributed by atoms with Crippen molar-refractivity contribution in [2.24, 2.45) is 7.05 Å². The number of alkyl halides is 3. The van der Waals surface area contributed by atoms with Crippen LogP contribution in [0.5, 0.6) is 11.6 Å². The minimum absolute atomic E-state index is 0.169. The van der Waals surface area contributed by atoms with E-state index in [9.17, 15) is 13.2 Å². The van der Waals surface area contributed by atoms with E-state index in [1.807, 2.05) is 19.1 Å². The maximum atomic E-state index is 12.3. The number of hydrogen-bond donors (Lipinski definition) is 0. The first-order valence-corrected chi connectivity index (χ1v) is 8.53. The third-order valence-electron chi connectivity index (χ3n) is 4.15. The summed E-state index contributed by atoms with van der Waals surface area (Å²) in [5, 5.41) is 12.4. The van der Waals surface area contributed by atoms with Gasteiger partial charge in [0.05, 0.1) is 11.6 Å². The zero-order valence-corrected chi connectivity index (χ0v) is 15.4. The Morgan fingerprint density at radius 3 is 2.52 bits per heavy atom. The Labute approximate surface area is 162 Å². The number of rotatable bonds is 5. The third kappa shape index (κ3) is 4.15. The predicted molar refractivity (Wildman–Crippen MR) is 96.2 cm³/mol. The molecule has 0 fully saturated rings. The molecule has 2 heterocycles. The molecule has 29 heavy (non-hydrogen) atoms. The van der Waals surface area contributed by atoms with Crippen molar-refractivity contribution in [3.63, 3.8) is 0 Å². The van der Waals surface area contributed by atoms with Gasteiger partial charge in [-0.2, -0.15) is 0 Å². The van der Waals surface area contributed by atoms with E-state index in [4.69, 9.17) is 9.26 Å². The quantitative estimate of drug-likeness (QED) is 0.491. The van der Waals surface area contributed by atoms with Crippen molar-refractivity contribution in [3.05, 3.63) is 53.9 Å². The maximum Gasteiger partial charge on any atom is 0.573 e. The third-order valence-corrected chi connectivity index (χ3v) is 4.15. The van der Waals surface area contributed by atoms with Gasteiger partial charge < -0.3 is 14.0 Å². The SMILES string of the molecule is Cc1cc(-c2ccc(OC(F)(F)F)cc2)cc2c(OCc3cn(C)nn3)noc12. The van der Waals surface area contributed by atoms with Gasteiger partial charge in [-0.25, -0.2) is 0 Å². The van der Waals surface area contributed by atoms with Gasteiger partial charge in [0, 0.05) is 7.05 Å². The minimum Gasteiger partial charge on any atom is -0.468 e. The number of fused-ring (bicyclic) bond motifs is 1. The summed E-state index contributed by atoms with van der Waals surface area (Å²) >= 11 is 0. The highest BCUT2D eigenvalue weighted by molar-refractivity contribution is 5.89. The fourth-order valence-corrected chi connectivity index (χ4v) is 2.91. The van der Waals surface area contributed by atoms with E-state index >= 15 is 0 Å². The summed E-state index contributed by atoms with van der Waals surface area (Å²) < 4.78 is 53.6. The number of aromatic nitrogens is 4. The van der Waals surface area contributed by atoms with Gasteiger partial charge >= 0.3 is 6.36 Å². The molecule has 0 spiro atoms. The van der Waals surface area contributed by atoms with Crippen LogP contribution in [0.2, 0.25) is 0 Å². The number of aryl methyl sites for hydroxylation is 2. The molecule has 10 heteroatoms. The highest BCUT2D eigenvalue weighted by Gasteiger charge is 2.31. The number of ether oxygens (including phenoxy) is 2. The van der Waals surface area contributed by atoms with Crippen LogP contribution in [0.1, 0.15) is 11.3 Å². The average molecular weight is 404 g/mol. The number of nitrogens with zero attached hydrogens (tertiary/aromatic N) is 4. The molecule has 0 aliphatic heterocycles. The average Bonchev–Trinajstić information content (AvgIpc) is 3.25. The maximum absolute atomic E-state index is 12.3. The van der Waals surface area contributed by atoms with E-state index in [-0.39, 0.29) is 12.4 Å². The van der Waals surface area contributed by atoms with Crippen LogP contribution in [-0.2, 0) is 13.7 Å². The molecule has 0 aliphatic rings. The van der Waals surface area contributed by atoms with E-state index in [2.05, 4.69) is 20.2 Å². The second-order valence-electron chi connectivity index (χ2n) is 6.40. The second kappa shape index (κ2) is 7.12. The van der Waals surface area contributed by atoms with Crippen molar-refractivity contribution in [1.82, 2.24) is 20.2 Å². The molecule has 4 rings (SSSR count). The molecular weight excluding hydrogens is 389 g/mol. The van der Waals surface area contributed by atoms with Gasteiger partial charge in [0.15, 0.2) is 5.58 Å². The summed E-state index contributed by atoms with van der Waals surface area (Å²) in [6.45, 7) is 2.02. The Kier molecular flexibility index (Phi) is 4.61. The Morgan fingerprint density at radius 2 is 1.86 bits per heavy atom. The van der Waals surface area contributed by atoms with Crippen LogP contribution in [0, 0.1) is 6.92 Å². The Balaban J connectivity index is 1.62. The summed E-state index contributed by atoms with van der Waals surface area (Å²) in [6, 6.07) is 9.30. The topological polar surface area (TPSA) is 75.2 Å². The van der Waals surface area contributed by atoms with Crippen molar-refractivity contribution < 1.29 is 27.2 Å². The lowest BCUT2D eigenvalue weighted by Crippen LogP contribution is -2.16. The molecule has 0 radical (unpaired) electrons. The minimum atomic E-state index is -4.73. The summed E-state index contributed by atoms with van der Waals surface area (Å²) in [7, 11) is 1.75. The van der Waals surface area contributed by atoms with Crippen molar-refractivity contribution in [3.8, 4) is 22.8 Å². The number of hydrogen-bond acceptors (Lipinski definition) is 6. The van der Waals surface area contributed by atoms with Gasteiger partial charge in [-0.1, -0.05) is 17.3 Å². The molecule has 4 aromatic rings. The molecule has 150 valence electrons. The smallest absolute Gasteiger partial charge is 0.468 e. The van der Waals surface area contributed by atoms with Crippen LogP contribution in [0.25, 0.3) is 22.1 Å². The highest BCUT2D eigenvalue weighted by atomic mass is 19.4. The van der Waals surface area contributed by atoms with Gasteiger partial charge in [-0.05, 0) is 53.0 Å². The molecule has 0 saturated heterocycles. The molecule has 2 aromatic heterocycles. The van der Waals surface area contributed by atoms with Crippen molar-refractivity contribution >= 4 is 11.0 Å². The molecule has 0 aliphatic carbocycles. The molecule has 2 aromatic carbocycles. The predicted octanol–water partition coefficient (Wildman–Crippen LogP) is 4.41. The van der Waals surface area contributed by atoms with Crippen LogP contribution in [-0.4, -0.2) is 26.5 Å². The van der Waals surface area contributed by atoms with Gasteiger partial charge in [0.25, 0.3) is 5.88 Å². The molecule has 0 bridgehead atoms. The lowest BCUT2D eigenvalue weighted by Gasteiger charge is -2.10. The van der Waals surface area contributed by atoms with Crippen LogP contribution < -0.4 is 9.47 Å². The van der Waals surface area contributed by atoms with E-state index in [0.29, 0.717) is 28.1 Å². The van der Waals surface area contributed by atoms with Crippen LogP contribution in [0.4, 0.5) is 13.2 Å². The number of halogens is 3. The van der Waals surface area contributed by atoms with Gasteiger partial charge in [-0.3, -0.25) is 4.68 Å². The molecule has 0 atom stereocenters. The monoisotopic (exact) mass is 404 g/mol. The lowest BCUT2D eigenvalue weighted by atomic mass is 10.0. The summed E-state index contributed by atoms with van der Waals surface area (Å²) in [4.78, 5) is 0. The Bertz CT molecular complexity index is 1150. The Hall–Kier alpha value is -3.56. The van der Waals surface area contributed by atoms with Crippen molar-refractivity contribution in [2.45, 2.75) is 19.9 Å². The van der Waals surface area contributed by atoms with Crippen molar-refractivity contribution in [2.75, 3.05) is 0 Å². The fraction of sp³-hybridized carbons (Fsp3) is 0.211. The zero-order valence-electron chi connectivity index (χ0n) is 15.4. The Morgan fingerprint density at radius 1 is 1.10 bits per heavy atom. The molecule has 0 unspecified atom stereocenters. The first kappa shape index (κ1) is 18.8. The van der Waals surface area contributed by atoms with Crippen LogP contribution in [0.15, 0.2) is 47.1 Å². The zero-order chi connectivity index (χ0) is 20.6. The van der Waals surface area contributed by atoms with Gasteiger partial charge in [0.1, 0.15) is 18.1 Å². The first-order chi connectivity index (χ1) is 13.8. The first-order valence-electron chi connectivity index (χ1n) is 8.53. The molecule has 0 amide bonds. The van der Waals surface area contributed by atoms with Gasteiger partial charge in [0.2, 0.25) is 0 Å². The van der Waals surface area contributed by atoms with E-state index in [1.54, 1.807) is 30.1 Å². The molecule has 7 nitrogen and oxygen atoms in total. The lowest BCUT2D eigenvalue weighted by molar-refractivity contribution is -0.274. The largest absolute Gasteiger partial charge is 0.573 e. The van der Waals surface area contributed by atoms with Crippen LogP contribution in [0.3, 0.4) is 0 Å². The van der Waals surface area contributed by atoms with Crippen LogP contribution >= 0.6 is 0 Å². The van der Waals surface area contributed by atoms with Crippen molar-refractivity contribution in [1.29, 1.82) is 0 Å². The molecular formula is C19H15F3N4O3. The molecule has 0 N–H and O–H groups in total. The van der Waals surface area contributed by atoms with Gasteiger partial charge in [-0.15, -0.1) is 18.3 Å². The summed E-state index contributed by atoms with van der Waals surface area (Å²) in [5.74, 6) is 0.0182.